The van der Waals surface area contributed by atoms with Crippen LogP contribution in [-0.2, 0) is 4.74 Å². The van der Waals surface area contributed by atoms with Gasteiger partial charge in [0.1, 0.15) is 0 Å². The maximum Gasteiger partial charge on any atom is 0.188 e. The molecule has 3 N–H and O–H groups in total. The molecule has 104 valence electrons. The van der Waals surface area contributed by atoms with Crippen molar-refractivity contribution in [2.24, 2.45) is 22.6 Å². The molecule has 2 atom stereocenters. The van der Waals surface area contributed by atoms with E-state index in [9.17, 15) is 0 Å². The van der Waals surface area contributed by atoms with Crippen LogP contribution in [0.3, 0.4) is 0 Å². The molecule has 2 fully saturated rings. The molecule has 1 aliphatic heterocycles. The third kappa shape index (κ3) is 3.87. The standard InChI is InChI=1S/C14H27N3O/c1-10(2)13-8-11(6-7-18-13)9-16-14(15)17-12-4-3-5-12/h10-13H,3-9H2,1-2H3,(H3,15,16,17). The van der Waals surface area contributed by atoms with Gasteiger partial charge in [-0.1, -0.05) is 13.8 Å². The van der Waals surface area contributed by atoms with E-state index >= 15 is 0 Å². The van der Waals surface area contributed by atoms with Gasteiger partial charge in [-0.15, -0.1) is 0 Å². The monoisotopic (exact) mass is 253 g/mol. The quantitative estimate of drug-likeness (QED) is 0.594. The lowest BCUT2D eigenvalue weighted by Gasteiger charge is -2.31. The van der Waals surface area contributed by atoms with Crippen LogP contribution in [0.1, 0.15) is 46.0 Å². The second-order valence-corrected chi connectivity index (χ2v) is 6.04. The van der Waals surface area contributed by atoms with Crippen LogP contribution in [0.15, 0.2) is 4.99 Å². The van der Waals surface area contributed by atoms with Crippen LogP contribution >= 0.6 is 0 Å². The van der Waals surface area contributed by atoms with Gasteiger partial charge in [-0.3, -0.25) is 4.99 Å². The highest BCUT2D eigenvalue weighted by Crippen LogP contribution is 2.25. The van der Waals surface area contributed by atoms with Crippen LogP contribution in [0.5, 0.6) is 0 Å². The van der Waals surface area contributed by atoms with Crippen LogP contribution in [0.2, 0.25) is 0 Å². The predicted octanol–water partition coefficient (Wildman–Crippen LogP) is 1.89. The Labute approximate surface area is 110 Å². The number of hydrogen-bond donors (Lipinski definition) is 2. The van der Waals surface area contributed by atoms with Crippen molar-refractivity contribution in [3.63, 3.8) is 0 Å². The Morgan fingerprint density at radius 3 is 2.78 bits per heavy atom. The van der Waals surface area contributed by atoms with Gasteiger partial charge in [-0.2, -0.15) is 0 Å². The molecule has 1 heterocycles. The molecule has 1 saturated heterocycles. The zero-order valence-corrected chi connectivity index (χ0v) is 11.7. The fourth-order valence-electron chi connectivity index (χ4n) is 2.57. The number of ether oxygens (including phenoxy) is 1. The highest BCUT2D eigenvalue weighted by Gasteiger charge is 2.24. The van der Waals surface area contributed by atoms with Gasteiger partial charge in [0, 0.05) is 19.2 Å². The van der Waals surface area contributed by atoms with Crippen LogP contribution in [0.4, 0.5) is 0 Å². The first-order valence-electron chi connectivity index (χ1n) is 7.33. The minimum Gasteiger partial charge on any atom is -0.378 e. The Balaban J connectivity index is 1.72. The molecule has 0 amide bonds. The largest absolute Gasteiger partial charge is 0.378 e. The topological polar surface area (TPSA) is 59.6 Å². The summed E-state index contributed by atoms with van der Waals surface area (Å²) in [4.78, 5) is 4.49. The number of hydrogen-bond acceptors (Lipinski definition) is 2. The van der Waals surface area contributed by atoms with Gasteiger partial charge >= 0.3 is 0 Å². The van der Waals surface area contributed by atoms with Crippen LogP contribution in [0.25, 0.3) is 0 Å². The van der Waals surface area contributed by atoms with Gasteiger partial charge in [-0.25, -0.2) is 0 Å². The zero-order chi connectivity index (χ0) is 13.0. The van der Waals surface area contributed by atoms with Crippen LogP contribution in [-0.4, -0.2) is 31.3 Å². The second-order valence-electron chi connectivity index (χ2n) is 6.04. The molecule has 4 nitrogen and oxygen atoms in total. The predicted molar refractivity (Wildman–Crippen MR) is 74.6 cm³/mol. The minimum absolute atomic E-state index is 0.403. The molecule has 0 bridgehead atoms. The molecule has 0 aromatic rings. The van der Waals surface area contributed by atoms with Crippen LogP contribution in [0, 0.1) is 11.8 Å². The maximum atomic E-state index is 5.90. The lowest BCUT2D eigenvalue weighted by molar-refractivity contribution is -0.0321. The van der Waals surface area contributed by atoms with Crippen molar-refractivity contribution in [3.8, 4) is 0 Å². The second kappa shape index (κ2) is 6.41. The summed E-state index contributed by atoms with van der Waals surface area (Å²) in [6, 6.07) is 0.576. The van der Waals surface area contributed by atoms with Gasteiger partial charge in [-0.05, 0) is 43.9 Å². The molecule has 4 heteroatoms. The van der Waals surface area contributed by atoms with E-state index in [0.717, 1.165) is 26.0 Å². The molecule has 0 radical (unpaired) electrons. The molecule has 0 aromatic heterocycles. The molecule has 18 heavy (non-hydrogen) atoms. The average Bonchev–Trinajstić information content (AvgIpc) is 2.31. The van der Waals surface area contributed by atoms with Crippen molar-refractivity contribution in [1.82, 2.24) is 5.32 Å². The van der Waals surface area contributed by atoms with Gasteiger partial charge in [0.25, 0.3) is 0 Å². The van der Waals surface area contributed by atoms with Gasteiger partial charge in [0.15, 0.2) is 5.96 Å². The Hall–Kier alpha value is -0.770. The number of nitrogens with one attached hydrogen (secondary N) is 1. The number of aliphatic imine (C=N–C) groups is 1. The first-order valence-corrected chi connectivity index (χ1v) is 7.33. The Kier molecular flexibility index (Phi) is 4.87. The smallest absolute Gasteiger partial charge is 0.188 e. The third-order valence-corrected chi connectivity index (χ3v) is 4.14. The maximum absolute atomic E-state index is 5.90. The fraction of sp³-hybridized carbons (Fsp3) is 0.929. The van der Waals surface area contributed by atoms with Gasteiger partial charge < -0.3 is 15.8 Å². The molecule has 1 saturated carbocycles. The Bertz CT molecular complexity index is 287. The average molecular weight is 253 g/mol. The Morgan fingerprint density at radius 1 is 1.39 bits per heavy atom. The number of rotatable bonds is 4. The molecule has 0 spiro atoms. The molecule has 2 unspecified atom stereocenters. The van der Waals surface area contributed by atoms with E-state index in [2.05, 4.69) is 24.2 Å². The normalized spacial score (nSPS) is 30.3. The highest BCUT2D eigenvalue weighted by atomic mass is 16.5. The van der Waals surface area contributed by atoms with Gasteiger partial charge in [0.2, 0.25) is 0 Å². The molecular weight excluding hydrogens is 226 g/mol. The van der Waals surface area contributed by atoms with Gasteiger partial charge in [0.05, 0.1) is 6.10 Å². The van der Waals surface area contributed by atoms with Crippen molar-refractivity contribution in [3.05, 3.63) is 0 Å². The van der Waals surface area contributed by atoms with Crippen molar-refractivity contribution >= 4 is 5.96 Å². The lowest BCUT2D eigenvalue weighted by Crippen LogP contribution is -2.44. The summed E-state index contributed by atoms with van der Waals surface area (Å²) in [7, 11) is 0. The molecule has 1 aliphatic carbocycles. The van der Waals surface area contributed by atoms with Crippen molar-refractivity contribution in [2.45, 2.75) is 58.1 Å². The van der Waals surface area contributed by atoms with Crippen molar-refractivity contribution in [2.75, 3.05) is 13.2 Å². The summed E-state index contributed by atoms with van der Waals surface area (Å²) in [5, 5.41) is 3.29. The summed E-state index contributed by atoms with van der Waals surface area (Å²) in [5.41, 5.74) is 5.90. The Morgan fingerprint density at radius 2 is 2.17 bits per heavy atom. The van der Waals surface area contributed by atoms with Crippen LogP contribution < -0.4 is 11.1 Å². The lowest BCUT2D eigenvalue weighted by atomic mass is 9.90. The number of guanidine groups is 1. The van der Waals surface area contributed by atoms with E-state index < -0.39 is 0 Å². The summed E-state index contributed by atoms with van der Waals surface area (Å²) in [6.45, 7) is 6.17. The summed E-state index contributed by atoms with van der Waals surface area (Å²) >= 11 is 0. The highest BCUT2D eigenvalue weighted by molar-refractivity contribution is 5.78. The first kappa shape index (κ1) is 13.7. The minimum atomic E-state index is 0.403. The first-order chi connectivity index (χ1) is 8.65. The van der Waals surface area contributed by atoms with E-state index in [0.29, 0.717) is 29.9 Å². The van der Waals surface area contributed by atoms with E-state index in [4.69, 9.17) is 10.5 Å². The number of nitrogens with two attached hydrogens (primary N) is 1. The zero-order valence-electron chi connectivity index (χ0n) is 11.7. The van der Waals surface area contributed by atoms with E-state index in [1.807, 2.05) is 0 Å². The molecular formula is C14H27N3O. The van der Waals surface area contributed by atoms with E-state index in [1.54, 1.807) is 0 Å². The van der Waals surface area contributed by atoms with Crippen molar-refractivity contribution < 1.29 is 4.74 Å². The van der Waals surface area contributed by atoms with Crippen molar-refractivity contribution in [1.29, 1.82) is 0 Å². The molecule has 0 aromatic carbocycles. The number of nitrogens with zero attached hydrogens (tertiary/aromatic N) is 1. The fourth-order valence-corrected chi connectivity index (χ4v) is 2.57. The third-order valence-electron chi connectivity index (χ3n) is 4.14. The SMILES string of the molecule is CC(C)C1CC(CN=C(N)NC2CCC2)CCO1. The summed E-state index contributed by atoms with van der Waals surface area (Å²) < 4.78 is 5.77. The summed E-state index contributed by atoms with van der Waals surface area (Å²) in [5.74, 6) is 1.86. The molecule has 2 rings (SSSR count). The summed E-state index contributed by atoms with van der Waals surface area (Å²) in [6.07, 6.45) is 6.44. The molecule has 2 aliphatic rings. The van der Waals surface area contributed by atoms with E-state index in [1.165, 1.54) is 19.3 Å². The van der Waals surface area contributed by atoms with E-state index in [-0.39, 0.29) is 0 Å².